The molecule has 0 spiro atoms. The Kier molecular flexibility index (Phi) is 9.70. The van der Waals surface area contributed by atoms with Crippen molar-refractivity contribution in [2.24, 2.45) is 0 Å². The first-order valence-corrected chi connectivity index (χ1v) is 6.81. The average Bonchev–Trinajstić information content (AvgIpc) is 2.18. The molecule has 1 atom stereocenters. The summed E-state index contributed by atoms with van der Waals surface area (Å²) in [5.41, 5.74) is 0. The average molecular weight is 253 g/mol. The summed E-state index contributed by atoms with van der Waals surface area (Å²) in [6, 6.07) is 0. The van der Waals surface area contributed by atoms with Crippen molar-refractivity contribution in [3.63, 3.8) is 0 Å². The Balaban J connectivity index is 3.04. The summed E-state index contributed by atoms with van der Waals surface area (Å²) in [5, 5.41) is 9.03. The second-order valence-electron chi connectivity index (χ2n) is 4.97. The van der Waals surface area contributed by atoms with Gasteiger partial charge in [-0.15, -0.1) is 0 Å². The van der Waals surface area contributed by atoms with Crippen LogP contribution in [-0.4, -0.2) is 18.2 Å². The quantitative estimate of drug-likeness (QED) is 0.417. The molecule has 17 heavy (non-hydrogen) atoms. The predicted octanol–water partition coefficient (Wildman–Crippen LogP) is 4.73. The zero-order chi connectivity index (χ0) is 13.1. The third-order valence-electron chi connectivity index (χ3n) is 2.90. The Labute approximate surface area is 103 Å². The van der Waals surface area contributed by atoms with Gasteiger partial charge in [0, 0.05) is 0 Å². The highest BCUT2D eigenvalue weighted by Gasteiger charge is 2.21. The highest BCUT2D eigenvalue weighted by atomic mass is 19.4. The van der Waals surface area contributed by atoms with E-state index >= 15 is 0 Å². The number of aliphatic hydroxyl groups is 1. The number of hydrogen-bond acceptors (Lipinski definition) is 1. The van der Waals surface area contributed by atoms with Crippen LogP contribution in [0.1, 0.15) is 64.7 Å². The lowest BCUT2D eigenvalue weighted by Gasteiger charge is -2.12. The van der Waals surface area contributed by atoms with Gasteiger partial charge in [0.2, 0.25) is 0 Å². The molecule has 0 aliphatic carbocycles. The second kappa shape index (κ2) is 9.81. The van der Waals surface area contributed by atoms with Crippen LogP contribution in [0.4, 0.5) is 12.9 Å². The monoisotopic (exact) mass is 253 g/mol. The van der Waals surface area contributed by atoms with Gasteiger partial charge in [-0.2, -0.15) is 0 Å². The summed E-state index contributed by atoms with van der Waals surface area (Å²) in [6.07, 6.45) is 7.45. The van der Waals surface area contributed by atoms with Crippen molar-refractivity contribution in [2.45, 2.75) is 77.1 Å². The molecule has 1 unspecified atom stereocenters. The van der Waals surface area contributed by atoms with Gasteiger partial charge in [-0.3, -0.25) is 0 Å². The van der Waals surface area contributed by atoms with Crippen LogP contribution in [0.25, 0.3) is 0 Å². The molecule has 1 N–H and O–H groups in total. The fraction of sp³-hybridized carbons (Fsp3) is 1.00. The maximum Gasteiger partial charge on any atom is 0.478 e. The molecule has 0 aromatic heterocycles. The van der Waals surface area contributed by atoms with Crippen molar-refractivity contribution in [1.82, 2.24) is 0 Å². The van der Waals surface area contributed by atoms with Gasteiger partial charge in [0.15, 0.2) is 0 Å². The van der Waals surface area contributed by atoms with Crippen molar-refractivity contribution >= 4 is 6.98 Å². The zero-order valence-corrected chi connectivity index (χ0v) is 10.8. The van der Waals surface area contributed by atoms with E-state index in [1.807, 2.05) is 0 Å². The van der Waals surface area contributed by atoms with Crippen LogP contribution in [0, 0.1) is 0 Å². The maximum absolute atomic E-state index is 11.9. The van der Waals surface area contributed by atoms with Gasteiger partial charge in [0.1, 0.15) is 0 Å². The van der Waals surface area contributed by atoms with E-state index in [0.717, 1.165) is 44.9 Å². The van der Waals surface area contributed by atoms with Gasteiger partial charge in [-0.05, 0) is 13.3 Å². The van der Waals surface area contributed by atoms with E-state index in [0.29, 0.717) is 12.8 Å². The summed E-state index contributed by atoms with van der Waals surface area (Å²) >= 11 is 0. The summed E-state index contributed by atoms with van der Waals surface area (Å²) in [4.78, 5) is 0. The van der Waals surface area contributed by atoms with Crippen molar-refractivity contribution in [3.8, 4) is 0 Å². The fourth-order valence-electron chi connectivity index (χ4n) is 1.88. The van der Waals surface area contributed by atoms with E-state index in [4.69, 9.17) is 5.11 Å². The van der Waals surface area contributed by atoms with Crippen molar-refractivity contribution < 1.29 is 18.1 Å². The van der Waals surface area contributed by atoms with Crippen molar-refractivity contribution in [3.05, 3.63) is 0 Å². The largest absolute Gasteiger partial charge is 0.478 e. The number of aliphatic hydroxyl groups excluding tert-OH is 1. The Morgan fingerprint density at radius 2 is 1.24 bits per heavy atom. The number of halogens is 3. The molecule has 0 saturated heterocycles. The second-order valence-corrected chi connectivity index (χ2v) is 4.97. The Morgan fingerprint density at radius 3 is 1.65 bits per heavy atom. The molecule has 0 aliphatic heterocycles. The molecule has 0 amide bonds. The molecular weight excluding hydrogens is 228 g/mol. The van der Waals surface area contributed by atoms with E-state index < -0.39 is 13.3 Å². The lowest BCUT2D eigenvalue weighted by Crippen LogP contribution is -2.13. The molecular formula is C12H25BF3O-. The third kappa shape index (κ3) is 15.8. The number of hydrogen-bond donors (Lipinski definition) is 1. The molecule has 1 nitrogen and oxygen atoms in total. The summed E-state index contributed by atoms with van der Waals surface area (Å²) in [5.74, 6) is 0. The van der Waals surface area contributed by atoms with Crippen LogP contribution in [-0.2, 0) is 0 Å². The van der Waals surface area contributed by atoms with Gasteiger partial charge in [-0.25, -0.2) is 0 Å². The van der Waals surface area contributed by atoms with E-state index in [1.165, 1.54) is 0 Å². The molecule has 0 fully saturated rings. The SMILES string of the molecule is CC(O)CCCCCCCCCC[B-](F)(F)F. The first-order valence-electron chi connectivity index (χ1n) is 6.81. The molecule has 0 aromatic rings. The Bertz CT molecular complexity index is 172. The minimum Gasteiger partial charge on any atom is -0.449 e. The fourth-order valence-corrected chi connectivity index (χ4v) is 1.88. The third-order valence-corrected chi connectivity index (χ3v) is 2.90. The van der Waals surface area contributed by atoms with Crippen LogP contribution in [0.3, 0.4) is 0 Å². The van der Waals surface area contributed by atoms with Gasteiger partial charge in [0.25, 0.3) is 0 Å². The van der Waals surface area contributed by atoms with Crippen LogP contribution < -0.4 is 0 Å². The molecule has 0 aliphatic rings. The van der Waals surface area contributed by atoms with Gasteiger partial charge < -0.3 is 18.1 Å². The topological polar surface area (TPSA) is 20.2 Å². The highest BCUT2D eigenvalue weighted by Crippen LogP contribution is 2.19. The van der Waals surface area contributed by atoms with E-state index in [9.17, 15) is 12.9 Å². The van der Waals surface area contributed by atoms with Gasteiger partial charge in [-0.1, -0.05) is 57.7 Å². The van der Waals surface area contributed by atoms with Crippen LogP contribution in [0.2, 0.25) is 6.32 Å². The summed E-state index contributed by atoms with van der Waals surface area (Å²) in [7, 11) is 0. The maximum atomic E-state index is 11.9. The molecule has 0 aromatic carbocycles. The molecule has 0 radical (unpaired) electrons. The highest BCUT2D eigenvalue weighted by molar-refractivity contribution is 6.58. The minimum atomic E-state index is -4.57. The van der Waals surface area contributed by atoms with Crippen molar-refractivity contribution in [2.75, 3.05) is 0 Å². The number of rotatable bonds is 11. The van der Waals surface area contributed by atoms with Gasteiger partial charge >= 0.3 is 6.98 Å². The zero-order valence-electron chi connectivity index (χ0n) is 10.8. The Hall–Kier alpha value is -0.185. The summed E-state index contributed by atoms with van der Waals surface area (Å²) in [6.45, 7) is -2.77. The first kappa shape index (κ1) is 16.8. The van der Waals surface area contributed by atoms with E-state index in [-0.39, 0.29) is 6.10 Å². The normalized spacial score (nSPS) is 13.9. The molecule has 0 rings (SSSR count). The molecule has 5 heteroatoms. The number of unbranched alkanes of at least 4 members (excludes halogenated alkanes) is 7. The molecule has 104 valence electrons. The first-order chi connectivity index (χ1) is 7.92. The lowest BCUT2D eigenvalue weighted by atomic mass is 9.83. The lowest BCUT2D eigenvalue weighted by molar-refractivity contribution is 0.180. The standard InChI is InChI=1S/C12H25BF3O/c1-12(17)10-8-6-4-2-3-5-7-9-11-13(14,15)16/h12,17H,2-11H2,1H3/q-1. The van der Waals surface area contributed by atoms with Gasteiger partial charge in [0.05, 0.1) is 6.10 Å². The predicted molar refractivity (Wildman–Crippen MR) is 67.1 cm³/mol. The molecule has 0 saturated carbocycles. The van der Waals surface area contributed by atoms with Crippen LogP contribution >= 0.6 is 0 Å². The van der Waals surface area contributed by atoms with E-state index in [2.05, 4.69) is 0 Å². The molecule has 0 heterocycles. The van der Waals surface area contributed by atoms with E-state index in [1.54, 1.807) is 6.92 Å². The Morgan fingerprint density at radius 1 is 0.824 bits per heavy atom. The van der Waals surface area contributed by atoms with Crippen LogP contribution in [0.15, 0.2) is 0 Å². The summed E-state index contributed by atoms with van der Waals surface area (Å²) < 4.78 is 35.6. The van der Waals surface area contributed by atoms with Crippen LogP contribution in [0.5, 0.6) is 0 Å². The minimum absolute atomic E-state index is 0.209. The smallest absolute Gasteiger partial charge is 0.449 e. The molecule has 0 bridgehead atoms. The van der Waals surface area contributed by atoms with Crippen molar-refractivity contribution in [1.29, 1.82) is 0 Å².